The highest BCUT2D eigenvalue weighted by Crippen LogP contribution is 2.46. The second-order valence-corrected chi connectivity index (χ2v) is 14.5. The summed E-state index contributed by atoms with van der Waals surface area (Å²) in [6.07, 6.45) is 0. The predicted molar refractivity (Wildman–Crippen MR) is 243 cm³/mol. The summed E-state index contributed by atoms with van der Waals surface area (Å²) < 4.78 is 0. The molecule has 0 radical (unpaired) electrons. The number of fused-ring (bicyclic) bond motifs is 3. The topological polar surface area (TPSA) is 3.24 Å². The van der Waals surface area contributed by atoms with Crippen molar-refractivity contribution < 1.29 is 0 Å². The minimum absolute atomic E-state index is 1.09. The van der Waals surface area contributed by atoms with E-state index < -0.39 is 0 Å². The summed E-state index contributed by atoms with van der Waals surface area (Å²) in [5, 5.41) is 4.98. The van der Waals surface area contributed by atoms with Crippen molar-refractivity contribution in [3.8, 4) is 55.6 Å². The molecule has 0 saturated heterocycles. The van der Waals surface area contributed by atoms with Gasteiger partial charge in [-0.05, 0) is 108 Å². The van der Waals surface area contributed by atoms with Crippen LogP contribution in [-0.2, 0) is 0 Å². The number of hydrogen-bond acceptors (Lipinski definition) is 1. The zero-order valence-corrected chi connectivity index (χ0v) is 31.5. The van der Waals surface area contributed by atoms with Crippen LogP contribution in [0.25, 0.3) is 77.2 Å². The lowest BCUT2D eigenvalue weighted by molar-refractivity contribution is 1.28. The van der Waals surface area contributed by atoms with Crippen molar-refractivity contribution in [2.75, 3.05) is 4.90 Å². The van der Waals surface area contributed by atoms with Gasteiger partial charge in [0.2, 0.25) is 0 Å². The fourth-order valence-corrected chi connectivity index (χ4v) is 8.18. The number of nitrogens with zero attached hydrogens (tertiary/aromatic N) is 1. The van der Waals surface area contributed by atoms with Crippen molar-refractivity contribution in [1.29, 1.82) is 0 Å². The largest absolute Gasteiger partial charge is 0.310 e. The van der Waals surface area contributed by atoms with Crippen molar-refractivity contribution in [2.45, 2.75) is 0 Å². The Balaban J connectivity index is 1.16. The molecular formula is C56H39N. The molecule has 0 aromatic heterocycles. The molecule has 57 heavy (non-hydrogen) atoms. The smallest absolute Gasteiger partial charge is 0.0546 e. The molecule has 10 aromatic rings. The molecule has 0 fully saturated rings. The average molecular weight is 726 g/mol. The highest BCUT2D eigenvalue weighted by Gasteiger charge is 2.21. The third-order valence-electron chi connectivity index (χ3n) is 11.1. The van der Waals surface area contributed by atoms with Crippen LogP contribution in [0, 0.1) is 0 Å². The van der Waals surface area contributed by atoms with E-state index in [1.807, 2.05) is 0 Å². The zero-order valence-electron chi connectivity index (χ0n) is 31.5. The monoisotopic (exact) mass is 725 g/mol. The van der Waals surface area contributed by atoms with Gasteiger partial charge in [0.15, 0.2) is 0 Å². The molecule has 10 aromatic carbocycles. The maximum absolute atomic E-state index is 2.43. The number of rotatable bonds is 8. The molecule has 1 heteroatoms. The van der Waals surface area contributed by atoms with Crippen molar-refractivity contribution >= 4 is 38.6 Å². The number of benzene rings is 10. The SMILES string of the molecule is c1ccc(-c2ccc(-c3ccc(N(c4ccc(-c5ccccc5)cc4)c4cc(-c5ccccc5)ccc4-c4cc5ccccc5c5ccccc45)cc3)cc2)cc1. The molecule has 0 unspecified atom stereocenters. The van der Waals surface area contributed by atoms with Crippen LogP contribution in [0.5, 0.6) is 0 Å². The molecule has 0 bridgehead atoms. The maximum atomic E-state index is 2.43. The Labute approximate surface area is 334 Å². The lowest BCUT2D eigenvalue weighted by Gasteiger charge is -2.29. The first-order chi connectivity index (χ1) is 28.3. The molecule has 0 saturated carbocycles. The van der Waals surface area contributed by atoms with Gasteiger partial charge in [0.25, 0.3) is 0 Å². The number of anilines is 3. The molecule has 268 valence electrons. The molecule has 0 N–H and O–H groups in total. The van der Waals surface area contributed by atoms with E-state index in [0.29, 0.717) is 0 Å². The van der Waals surface area contributed by atoms with Crippen LogP contribution < -0.4 is 4.90 Å². The molecule has 0 atom stereocenters. The summed E-state index contributed by atoms with van der Waals surface area (Å²) in [4.78, 5) is 2.43. The lowest BCUT2D eigenvalue weighted by Crippen LogP contribution is -2.11. The van der Waals surface area contributed by atoms with E-state index in [4.69, 9.17) is 0 Å². The van der Waals surface area contributed by atoms with E-state index >= 15 is 0 Å². The minimum Gasteiger partial charge on any atom is -0.310 e. The third kappa shape index (κ3) is 6.66. The van der Waals surface area contributed by atoms with Gasteiger partial charge in [0.1, 0.15) is 0 Å². The Morgan fingerprint density at radius 1 is 0.228 bits per heavy atom. The summed E-state index contributed by atoms with van der Waals surface area (Å²) in [7, 11) is 0. The molecule has 10 rings (SSSR count). The molecule has 0 heterocycles. The van der Waals surface area contributed by atoms with Crippen molar-refractivity contribution in [3.05, 3.63) is 237 Å². The van der Waals surface area contributed by atoms with Crippen molar-refractivity contribution in [1.82, 2.24) is 0 Å². The zero-order chi connectivity index (χ0) is 38.0. The second kappa shape index (κ2) is 15.0. The van der Waals surface area contributed by atoms with Gasteiger partial charge in [-0.15, -0.1) is 0 Å². The Bertz CT molecular complexity index is 2950. The molecular weight excluding hydrogens is 687 g/mol. The summed E-state index contributed by atoms with van der Waals surface area (Å²) in [5.41, 5.74) is 15.2. The third-order valence-corrected chi connectivity index (χ3v) is 11.1. The van der Waals surface area contributed by atoms with Crippen molar-refractivity contribution in [2.24, 2.45) is 0 Å². The van der Waals surface area contributed by atoms with Gasteiger partial charge in [0.05, 0.1) is 5.69 Å². The van der Waals surface area contributed by atoms with Gasteiger partial charge >= 0.3 is 0 Å². The lowest BCUT2D eigenvalue weighted by atomic mass is 9.90. The van der Waals surface area contributed by atoms with Crippen LogP contribution in [0.15, 0.2) is 237 Å². The maximum Gasteiger partial charge on any atom is 0.0546 e. The number of hydrogen-bond donors (Lipinski definition) is 0. The summed E-state index contributed by atoms with van der Waals surface area (Å²) >= 11 is 0. The van der Waals surface area contributed by atoms with Crippen molar-refractivity contribution in [3.63, 3.8) is 0 Å². The predicted octanol–water partition coefficient (Wildman–Crippen LogP) is 15.8. The Morgan fingerprint density at radius 2 is 0.596 bits per heavy atom. The van der Waals surface area contributed by atoms with Crippen LogP contribution in [0.3, 0.4) is 0 Å². The van der Waals surface area contributed by atoms with Crippen LogP contribution >= 0.6 is 0 Å². The van der Waals surface area contributed by atoms with E-state index in [-0.39, 0.29) is 0 Å². The standard InChI is InChI=1S/C56H39N/c1-4-14-40(15-5-1)43-24-26-44(27-25-43)46-30-35-50(36-31-46)57(49-33-28-45(29-34-49)41-16-6-2-7-17-41)56-39-47(42-18-8-3-9-19-42)32-37-54(56)55-38-48-20-10-11-21-51(48)52-22-12-13-23-53(52)55/h1-39H. The van der Waals surface area contributed by atoms with E-state index in [0.717, 1.165) is 17.1 Å². The van der Waals surface area contributed by atoms with Crippen LogP contribution in [0.4, 0.5) is 17.1 Å². The Kier molecular flexibility index (Phi) is 8.95. The highest BCUT2D eigenvalue weighted by molar-refractivity contribution is 6.15. The fraction of sp³-hybridized carbons (Fsp3) is 0. The minimum atomic E-state index is 1.09. The van der Waals surface area contributed by atoms with Gasteiger partial charge < -0.3 is 4.90 Å². The average Bonchev–Trinajstić information content (AvgIpc) is 3.30. The Hall–Kier alpha value is -7.48. The van der Waals surface area contributed by atoms with Gasteiger partial charge in [-0.1, -0.05) is 200 Å². The molecule has 1 nitrogen and oxygen atoms in total. The van der Waals surface area contributed by atoms with Crippen LogP contribution in [0.1, 0.15) is 0 Å². The molecule has 0 aliphatic heterocycles. The normalized spacial score (nSPS) is 11.2. The van der Waals surface area contributed by atoms with Crippen LogP contribution in [-0.4, -0.2) is 0 Å². The first-order valence-corrected chi connectivity index (χ1v) is 19.6. The Morgan fingerprint density at radius 3 is 1.11 bits per heavy atom. The first kappa shape index (κ1) is 34.0. The summed E-state index contributed by atoms with van der Waals surface area (Å²) in [6.45, 7) is 0. The molecule has 0 spiro atoms. The van der Waals surface area contributed by atoms with E-state index in [1.54, 1.807) is 0 Å². The summed E-state index contributed by atoms with van der Waals surface area (Å²) in [5.74, 6) is 0. The van der Waals surface area contributed by atoms with Crippen LogP contribution in [0.2, 0.25) is 0 Å². The molecule has 0 aliphatic carbocycles. The summed E-state index contributed by atoms with van der Waals surface area (Å²) in [6, 6.07) is 85.7. The molecule has 0 amide bonds. The first-order valence-electron chi connectivity index (χ1n) is 19.6. The van der Waals surface area contributed by atoms with Gasteiger partial charge in [-0.3, -0.25) is 0 Å². The highest BCUT2D eigenvalue weighted by atomic mass is 15.1. The fourth-order valence-electron chi connectivity index (χ4n) is 8.18. The van der Waals surface area contributed by atoms with E-state index in [1.165, 1.54) is 77.2 Å². The van der Waals surface area contributed by atoms with Gasteiger partial charge in [0, 0.05) is 16.9 Å². The van der Waals surface area contributed by atoms with Gasteiger partial charge in [-0.25, -0.2) is 0 Å². The quantitative estimate of drug-likeness (QED) is 0.141. The van der Waals surface area contributed by atoms with E-state index in [9.17, 15) is 0 Å². The van der Waals surface area contributed by atoms with Gasteiger partial charge in [-0.2, -0.15) is 0 Å². The second-order valence-electron chi connectivity index (χ2n) is 14.5. The van der Waals surface area contributed by atoms with E-state index in [2.05, 4.69) is 241 Å². The molecule has 0 aliphatic rings.